The molecule has 2 rings (SSSR count). The van der Waals surface area contributed by atoms with Gasteiger partial charge in [0.25, 0.3) is 0 Å². The standard InChI is InChI=1S/C23H29ClFN3O4S/c1-4-5-13-26-23(30)17(2)27(15-18-7-6-8-19(24)14-18)22(29)16-28(33(3,31)32)21-11-9-20(25)10-12-21/h6-12,14,17H,4-5,13,15-16H2,1-3H3,(H,26,30). The van der Waals surface area contributed by atoms with Gasteiger partial charge >= 0.3 is 0 Å². The van der Waals surface area contributed by atoms with Crippen LogP contribution in [0, 0.1) is 5.82 Å². The Bertz CT molecular complexity index is 1060. The Labute approximate surface area is 199 Å². The summed E-state index contributed by atoms with van der Waals surface area (Å²) in [6.45, 7) is 3.58. The average molecular weight is 498 g/mol. The van der Waals surface area contributed by atoms with E-state index in [0.29, 0.717) is 17.1 Å². The molecule has 0 saturated heterocycles. The van der Waals surface area contributed by atoms with Gasteiger partial charge in [0, 0.05) is 18.1 Å². The molecule has 0 aliphatic rings. The molecule has 10 heteroatoms. The number of carbonyl (C=O) groups excluding carboxylic acids is 2. The maximum absolute atomic E-state index is 13.3. The number of hydrogen-bond donors (Lipinski definition) is 1. The molecular weight excluding hydrogens is 469 g/mol. The van der Waals surface area contributed by atoms with E-state index in [4.69, 9.17) is 11.6 Å². The van der Waals surface area contributed by atoms with Crippen molar-refractivity contribution >= 4 is 39.1 Å². The number of sulfonamides is 1. The van der Waals surface area contributed by atoms with E-state index in [1.807, 2.05) is 6.92 Å². The van der Waals surface area contributed by atoms with E-state index in [1.54, 1.807) is 31.2 Å². The molecule has 0 fully saturated rings. The van der Waals surface area contributed by atoms with Crippen LogP contribution in [0.15, 0.2) is 48.5 Å². The highest BCUT2D eigenvalue weighted by atomic mass is 35.5. The van der Waals surface area contributed by atoms with Crippen LogP contribution in [0.4, 0.5) is 10.1 Å². The van der Waals surface area contributed by atoms with E-state index in [2.05, 4.69) is 5.32 Å². The first-order chi connectivity index (χ1) is 15.5. The minimum Gasteiger partial charge on any atom is -0.354 e. The van der Waals surface area contributed by atoms with Crippen LogP contribution in [-0.2, 0) is 26.2 Å². The lowest BCUT2D eigenvalue weighted by molar-refractivity contribution is -0.139. The molecule has 0 heterocycles. The number of nitrogens with one attached hydrogen (secondary N) is 1. The normalized spacial score (nSPS) is 12.2. The molecule has 0 aliphatic heterocycles. The summed E-state index contributed by atoms with van der Waals surface area (Å²) in [5, 5.41) is 3.28. The lowest BCUT2D eigenvalue weighted by atomic mass is 10.1. The van der Waals surface area contributed by atoms with Gasteiger partial charge in [-0.3, -0.25) is 13.9 Å². The molecular formula is C23H29ClFN3O4S. The molecule has 7 nitrogen and oxygen atoms in total. The quantitative estimate of drug-likeness (QED) is 0.481. The summed E-state index contributed by atoms with van der Waals surface area (Å²) >= 11 is 6.07. The topological polar surface area (TPSA) is 86.8 Å². The van der Waals surface area contributed by atoms with E-state index in [9.17, 15) is 22.4 Å². The third-order valence-corrected chi connectivity index (χ3v) is 6.41. The van der Waals surface area contributed by atoms with Crippen LogP contribution in [0.2, 0.25) is 5.02 Å². The van der Waals surface area contributed by atoms with Gasteiger partial charge in [-0.2, -0.15) is 0 Å². The highest BCUT2D eigenvalue weighted by Crippen LogP contribution is 2.20. The highest BCUT2D eigenvalue weighted by molar-refractivity contribution is 7.92. The summed E-state index contributed by atoms with van der Waals surface area (Å²) in [6.07, 6.45) is 2.67. The van der Waals surface area contributed by atoms with Crippen molar-refractivity contribution in [1.29, 1.82) is 0 Å². The van der Waals surface area contributed by atoms with Crippen LogP contribution in [0.25, 0.3) is 0 Å². The van der Waals surface area contributed by atoms with E-state index in [1.165, 1.54) is 17.0 Å². The molecule has 0 aromatic heterocycles. The molecule has 1 N–H and O–H groups in total. The lowest BCUT2D eigenvalue weighted by Gasteiger charge is -2.31. The van der Waals surface area contributed by atoms with E-state index >= 15 is 0 Å². The molecule has 2 amide bonds. The fraction of sp³-hybridized carbons (Fsp3) is 0.391. The number of unbranched alkanes of at least 4 members (excludes halogenated alkanes) is 1. The first-order valence-corrected chi connectivity index (χ1v) is 12.8. The van der Waals surface area contributed by atoms with Crippen LogP contribution >= 0.6 is 11.6 Å². The molecule has 33 heavy (non-hydrogen) atoms. The Hall–Kier alpha value is -2.65. The van der Waals surface area contributed by atoms with Gasteiger partial charge in [0.15, 0.2) is 0 Å². The van der Waals surface area contributed by atoms with Crippen LogP contribution in [0.1, 0.15) is 32.3 Å². The predicted molar refractivity (Wildman–Crippen MR) is 128 cm³/mol. The van der Waals surface area contributed by atoms with Gasteiger partial charge in [0.2, 0.25) is 21.8 Å². The molecule has 180 valence electrons. The summed E-state index contributed by atoms with van der Waals surface area (Å²) in [5.41, 5.74) is 0.840. The fourth-order valence-corrected chi connectivity index (χ4v) is 4.23. The number of benzene rings is 2. The summed E-state index contributed by atoms with van der Waals surface area (Å²) in [7, 11) is -3.86. The number of nitrogens with zero attached hydrogens (tertiary/aromatic N) is 2. The van der Waals surface area contributed by atoms with Crippen molar-refractivity contribution in [3.05, 3.63) is 64.9 Å². The summed E-state index contributed by atoms with van der Waals surface area (Å²) in [5.74, 6) is -1.45. The number of anilines is 1. The number of rotatable bonds is 11. The molecule has 2 aromatic carbocycles. The maximum atomic E-state index is 13.3. The van der Waals surface area contributed by atoms with Crippen molar-refractivity contribution in [2.45, 2.75) is 39.3 Å². The van der Waals surface area contributed by atoms with Gasteiger partial charge in [0.05, 0.1) is 11.9 Å². The van der Waals surface area contributed by atoms with E-state index < -0.39 is 34.3 Å². The van der Waals surface area contributed by atoms with Crippen molar-refractivity contribution in [2.75, 3.05) is 23.7 Å². The second-order valence-corrected chi connectivity index (χ2v) is 10.1. The smallest absolute Gasteiger partial charge is 0.244 e. The SMILES string of the molecule is CCCCNC(=O)C(C)N(Cc1cccc(Cl)c1)C(=O)CN(c1ccc(F)cc1)S(C)(=O)=O. The first kappa shape index (κ1) is 26.6. The van der Waals surface area contributed by atoms with Gasteiger partial charge in [-0.15, -0.1) is 0 Å². The molecule has 0 saturated carbocycles. The lowest BCUT2D eigenvalue weighted by Crippen LogP contribution is -2.51. The second kappa shape index (κ2) is 12.0. The molecule has 1 unspecified atom stereocenters. The van der Waals surface area contributed by atoms with Gasteiger partial charge in [-0.25, -0.2) is 12.8 Å². The largest absolute Gasteiger partial charge is 0.354 e. The van der Waals surface area contributed by atoms with Crippen molar-refractivity contribution in [3.8, 4) is 0 Å². The fourth-order valence-electron chi connectivity index (χ4n) is 3.17. The van der Waals surface area contributed by atoms with Crippen LogP contribution in [0.5, 0.6) is 0 Å². The number of hydrogen-bond acceptors (Lipinski definition) is 4. The zero-order valence-electron chi connectivity index (χ0n) is 18.9. The van der Waals surface area contributed by atoms with Crippen LogP contribution < -0.4 is 9.62 Å². The van der Waals surface area contributed by atoms with Crippen molar-refractivity contribution in [2.24, 2.45) is 0 Å². The maximum Gasteiger partial charge on any atom is 0.244 e. The van der Waals surface area contributed by atoms with Gasteiger partial charge in [-0.1, -0.05) is 37.1 Å². The molecule has 1 atom stereocenters. The Morgan fingerprint density at radius 1 is 1.15 bits per heavy atom. The van der Waals surface area contributed by atoms with Crippen molar-refractivity contribution in [1.82, 2.24) is 10.2 Å². The molecule has 0 bridgehead atoms. The zero-order valence-corrected chi connectivity index (χ0v) is 20.5. The molecule has 0 spiro atoms. The third-order valence-electron chi connectivity index (χ3n) is 5.03. The van der Waals surface area contributed by atoms with Gasteiger partial charge < -0.3 is 10.2 Å². The van der Waals surface area contributed by atoms with E-state index in [-0.39, 0.29) is 18.1 Å². The summed E-state index contributed by atoms with van der Waals surface area (Å²) < 4.78 is 39.1. The Kier molecular flexibility index (Phi) is 9.67. The van der Waals surface area contributed by atoms with Gasteiger partial charge in [0.1, 0.15) is 18.4 Å². The average Bonchev–Trinajstić information content (AvgIpc) is 2.75. The Balaban J connectivity index is 2.33. The summed E-state index contributed by atoms with van der Waals surface area (Å²) in [4.78, 5) is 27.4. The minimum atomic E-state index is -3.86. The van der Waals surface area contributed by atoms with Crippen LogP contribution in [0.3, 0.4) is 0 Å². The van der Waals surface area contributed by atoms with Gasteiger partial charge in [-0.05, 0) is 55.3 Å². The third kappa shape index (κ3) is 8.01. The minimum absolute atomic E-state index is 0.0583. The Morgan fingerprint density at radius 3 is 2.39 bits per heavy atom. The van der Waals surface area contributed by atoms with Crippen molar-refractivity contribution in [3.63, 3.8) is 0 Å². The molecule has 0 radical (unpaired) electrons. The summed E-state index contributed by atoms with van der Waals surface area (Å²) in [6, 6.07) is 10.8. The highest BCUT2D eigenvalue weighted by Gasteiger charge is 2.30. The van der Waals surface area contributed by atoms with E-state index in [0.717, 1.165) is 35.5 Å². The number of carbonyl (C=O) groups is 2. The van der Waals surface area contributed by atoms with Crippen LogP contribution in [-0.4, -0.2) is 50.5 Å². The molecule has 0 aliphatic carbocycles. The first-order valence-electron chi connectivity index (χ1n) is 10.6. The predicted octanol–water partition coefficient (Wildman–Crippen LogP) is 3.58. The van der Waals surface area contributed by atoms with Crippen molar-refractivity contribution < 1.29 is 22.4 Å². The zero-order chi connectivity index (χ0) is 24.6. The number of halogens is 2. The second-order valence-electron chi connectivity index (χ2n) is 7.72. The Morgan fingerprint density at radius 2 is 1.82 bits per heavy atom. The monoisotopic (exact) mass is 497 g/mol. The number of amides is 2. The molecule has 2 aromatic rings.